The number of anilines is 2. The van der Waals surface area contributed by atoms with Gasteiger partial charge >= 0.3 is 5.97 Å². The number of para-hydroxylation sites is 2. The molecule has 170 valence electrons. The third-order valence-electron chi connectivity index (χ3n) is 6.02. The van der Waals surface area contributed by atoms with E-state index in [9.17, 15) is 19.2 Å². The predicted molar refractivity (Wildman–Crippen MR) is 126 cm³/mol. The average molecular weight is 475 g/mol. The number of amides is 3. The van der Waals surface area contributed by atoms with Crippen molar-refractivity contribution in [2.24, 2.45) is 0 Å². The van der Waals surface area contributed by atoms with E-state index in [0.29, 0.717) is 0 Å². The highest BCUT2D eigenvalue weighted by Crippen LogP contribution is 2.34. The fraction of sp³-hybridized carbons (Fsp3) is 0.154. The molecule has 0 unspecified atom stereocenters. The summed E-state index contributed by atoms with van der Waals surface area (Å²) in [5.41, 5.74) is 2.47. The van der Waals surface area contributed by atoms with Crippen LogP contribution in [0.4, 0.5) is 11.4 Å². The molecule has 5 rings (SSSR count). The second kappa shape index (κ2) is 8.43. The van der Waals surface area contributed by atoms with Crippen molar-refractivity contribution < 1.29 is 23.9 Å². The van der Waals surface area contributed by atoms with Crippen molar-refractivity contribution in [3.05, 3.63) is 94.0 Å². The number of hydrogen-bond acceptors (Lipinski definition) is 5. The Bertz CT molecular complexity index is 1370. The van der Waals surface area contributed by atoms with Crippen LogP contribution in [0.2, 0.25) is 5.02 Å². The van der Waals surface area contributed by atoms with Crippen molar-refractivity contribution in [2.75, 3.05) is 16.4 Å². The molecule has 34 heavy (non-hydrogen) atoms. The molecule has 0 fully saturated rings. The molecule has 0 N–H and O–H groups in total. The van der Waals surface area contributed by atoms with Gasteiger partial charge in [0.15, 0.2) is 6.61 Å². The zero-order valence-corrected chi connectivity index (χ0v) is 18.9. The Kier molecular flexibility index (Phi) is 5.42. The van der Waals surface area contributed by atoms with Gasteiger partial charge in [0.25, 0.3) is 17.7 Å². The summed E-state index contributed by atoms with van der Waals surface area (Å²) in [7, 11) is 0. The Balaban J connectivity index is 1.32. The first kappa shape index (κ1) is 21.9. The van der Waals surface area contributed by atoms with Crippen LogP contribution in [0.25, 0.3) is 0 Å². The third kappa shape index (κ3) is 3.54. The summed E-state index contributed by atoms with van der Waals surface area (Å²) in [5.74, 6) is -2.19. The topological polar surface area (TPSA) is 84.0 Å². The van der Waals surface area contributed by atoms with Crippen LogP contribution in [-0.4, -0.2) is 36.3 Å². The molecule has 0 aromatic heterocycles. The van der Waals surface area contributed by atoms with Crippen molar-refractivity contribution in [1.29, 1.82) is 0 Å². The lowest BCUT2D eigenvalue weighted by Gasteiger charge is -2.22. The maximum absolute atomic E-state index is 13.0. The number of nitrogens with zero attached hydrogens (tertiary/aromatic N) is 2. The quantitative estimate of drug-likeness (QED) is 0.416. The summed E-state index contributed by atoms with van der Waals surface area (Å²) in [6, 6.07) is 18.2. The van der Waals surface area contributed by atoms with E-state index in [2.05, 4.69) is 0 Å². The molecule has 3 aromatic carbocycles. The zero-order chi connectivity index (χ0) is 24.0. The fourth-order valence-corrected chi connectivity index (χ4v) is 4.67. The number of esters is 1. The summed E-state index contributed by atoms with van der Waals surface area (Å²) in [5, 5.41) is 0.257. The van der Waals surface area contributed by atoms with Crippen molar-refractivity contribution in [2.45, 2.75) is 19.4 Å². The highest BCUT2D eigenvalue weighted by Gasteiger charge is 2.38. The van der Waals surface area contributed by atoms with Crippen LogP contribution < -0.4 is 9.80 Å². The Morgan fingerprint density at radius 1 is 0.941 bits per heavy atom. The average Bonchev–Trinajstić information content (AvgIpc) is 3.30. The molecule has 0 spiro atoms. The molecule has 0 aliphatic carbocycles. The molecule has 2 aliphatic heterocycles. The highest BCUT2D eigenvalue weighted by molar-refractivity contribution is 6.39. The summed E-state index contributed by atoms with van der Waals surface area (Å²) < 4.78 is 5.26. The van der Waals surface area contributed by atoms with Crippen LogP contribution in [-0.2, 0) is 16.0 Å². The Hall–Kier alpha value is -3.97. The maximum atomic E-state index is 13.0. The lowest BCUT2D eigenvalue weighted by Crippen LogP contribution is -2.38. The van der Waals surface area contributed by atoms with E-state index in [1.54, 1.807) is 29.2 Å². The van der Waals surface area contributed by atoms with Gasteiger partial charge in [-0.3, -0.25) is 14.4 Å². The first-order valence-corrected chi connectivity index (χ1v) is 11.1. The lowest BCUT2D eigenvalue weighted by atomic mass is 10.1. The van der Waals surface area contributed by atoms with E-state index in [-0.39, 0.29) is 39.3 Å². The number of carbonyl (C=O) groups excluding carboxylic acids is 4. The fourth-order valence-electron chi connectivity index (χ4n) is 4.45. The van der Waals surface area contributed by atoms with Gasteiger partial charge in [0.2, 0.25) is 0 Å². The lowest BCUT2D eigenvalue weighted by molar-refractivity contribution is -0.122. The molecule has 2 heterocycles. The van der Waals surface area contributed by atoms with E-state index in [0.717, 1.165) is 22.6 Å². The Morgan fingerprint density at radius 2 is 1.62 bits per heavy atom. The molecule has 0 bridgehead atoms. The van der Waals surface area contributed by atoms with E-state index in [1.165, 1.54) is 18.2 Å². The molecular weight excluding hydrogens is 456 g/mol. The van der Waals surface area contributed by atoms with Crippen LogP contribution in [0.3, 0.4) is 0 Å². The molecule has 8 heteroatoms. The largest absolute Gasteiger partial charge is 0.452 e. The van der Waals surface area contributed by atoms with Gasteiger partial charge in [0.1, 0.15) is 0 Å². The molecular formula is C26H19ClN2O5. The van der Waals surface area contributed by atoms with Crippen LogP contribution in [0.15, 0.2) is 66.7 Å². The summed E-state index contributed by atoms with van der Waals surface area (Å²) in [4.78, 5) is 53.9. The predicted octanol–water partition coefficient (Wildman–Crippen LogP) is 4.28. The number of ether oxygens (including phenoxy) is 1. The Morgan fingerprint density at radius 3 is 2.38 bits per heavy atom. The molecule has 0 saturated heterocycles. The molecule has 3 amide bonds. The van der Waals surface area contributed by atoms with Crippen molar-refractivity contribution >= 4 is 46.7 Å². The van der Waals surface area contributed by atoms with Crippen molar-refractivity contribution in [1.82, 2.24) is 0 Å². The highest BCUT2D eigenvalue weighted by atomic mass is 35.5. The van der Waals surface area contributed by atoms with Crippen molar-refractivity contribution in [3.8, 4) is 0 Å². The van der Waals surface area contributed by atoms with Crippen LogP contribution >= 0.6 is 11.6 Å². The monoisotopic (exact) mass is 474 g/mol. The van der Waals surface area contributed by atoms with E-state index >= 15 is 0 Å². The van der Waals surface area contributed by atoms with Crippen LogP contribution in [0.5, 0.6) is 0 Å². The summed E-state index contributed by atoms with van der Waals surface area (Å²) in [6.45, 7) is 1.50. The molecule has 0 saturated carbocycles. The number of rotatable bonds is 4. The minimum absolute atomic E-state index is 0.0389. The van der Waals surface area contributed by atoms with Gasteiger partial charge in [-0.25, -0.2) is 9.69 Å². The molecule has 7 nitrogen and oxygen atoms in total. The smallest absolute Gasteiger partial charge is 0.338 e. The van der Waals surface area contributed by atoms with Gasteiger partial charge in [0.05, 0.1) is 27.4 Å². The van der Waals surface area contributed by atoms with Gasteiger partial charge in [-0.1, -0.05) is 41.9 Å². The standard InChI is InChI=1S/C26H19ClN2O5/c1-15-12-16-6-2-4-8-21(16)28(15)23(30)14-34-26(33)17-10-11-18-19(13-17)25(32)29(24(18)31)22-9-5-3-7-20(22)27/h2-11,13,15H,12,14H2,1H3/t15-/m1/s1. The first-order chi connectivity index (χ1) is 16.4. The van der Waals surface area contributed by atoms with E-state index in [4.69, 9.17) is 16.3 Å². The molecule has 0 radical (unpaired) electrons. The number of hydrogen-bond donors (Lipinski definition) is 0. The SMILES string of the molecule is C[C@@H]1Cc2ccccc2N1C(=O)COC(=O)c1ccc2c(c1)C(=O)N(c1ccccc1Cl)C2=O. The number of halogens is 1. The summed E-state index contributed by atoms with van der Waals surface area (Å²) in [6.07, 6.45) is 0.735. The van der Waals surface area contributed by atoms with Gasteiger partial charge in [-0.05, 0) is 55.3 Å². The van der Waals surface area contributed by atoms with Gasteiger partial charge in [0, 0.05) is 11.7 Å². The van der Waals surface area contributed by atoms with Gasteiger partial charge in [-0.15, -0.1) is 0 Å². The number of fused-ring (bicyclic) bond motifs is 2. The third-order valence-corrected chi connectivity index (χ3v) is 6.34. The molecule has 2 aliphatic rings. The molecule has 3 aromatic rings. The van der Waals surface area contributed by atoms with Gasteiger partial charge in [-0.2, -0.15) is 0 Å². The van der Waals surface area contributed by atoms with Crippen LogP contribution in [0.1, 0.15) is 43.6 Å². The molecule has 1 atom stereocenters. The minimum atomic E-state index is -0.757. The van der Waals surface area contributed by atoms with Crippen LogP contribution in [0, 0.1) is 0 Å². The number of imide groups is 1. The zero-order valence-electron chi connectivity index (χ0n) is 18.2. The van der Waals surface area contributed by atoms with Gasteiger partial charge < -0.3 is 9.64 Å². The normalized spacial score (nSPS) is 16.5. The first-order valence-electron chi connectivity index (χ1n) is 10.7. The number of benzene rings is 3. The second-order valence-corrected chi connectivity index (χ2v) is 8.59. The van der Waals surface area contributed by atoms with E-state index < -0.39 is 24.4 Å². The van der Waals surface area contributed by atoms with E-state index in [1.807, 2.05) is 31.2 Å². The minimum Gasteiger partial charge on any atom is -0.452 e. The summed E-state index contributed by atoms with van der Waals surface area (Å²) >= 11 is 6.17. The Labute approximate surface area is 200 Å². The van der Waals surface area contributed by atoms with Crippen molar-refractivity contribution in [3.63, 3.8) is 0 Å². The maximum Gasteiger partial charge on any atom is 0.338 e. The second-order valence-electron chi connectivity index (χ2n) is 8.18. The number of carbonyl (C=O) groups is 4.